The monoisotopic (exact) mass is 177 g/mol. The van der Waals surface area contributed by atoms with Gasteiger partial charge in [-0.1, -0.05) is 6.92 Å². The second-order valence-corrected chi connectivity index (χ2v) is 3.13. The minimum absolute atomic E-state index is 0.722. The van der Waals surface area contributed by atoms with Gasteiger partial charge >= 0.3 is 49.0 Å². The molecule has 0 aromatic heterocycles. The molecule has 0 aromatic rings. The number of halogens is 1. The summed E-state index contributed by atoms with van der Waals surface area (Å²) in [4.78, 5) is 0. The fourth-order valence-electron chi connectivity index (χ4n) is 0.447. The van der Waals surface area contributed by atoms with Crippen LogP contribution >= 0.6 is 11.6 Å². The van der Waals surface area contributed by atoms with Gasteiger partial charge < -0.3 is 0 Å². The molecule has 0 radical (unpaired) electrons. The van der Waals surface area contributed by atoms with Crippen LogP contribution in [-0.4, -0.2) is 5.88 Å². The van der Waals surface area contributed by atoms with Gasteiger partial charge in [-0.3, -0.25) is 0 Å². The van der Waals surface area contributed by atoms with Crippen LogP contribution in [0.15, 0.2) is 22.1 Å². The first kappa shape index (κ1) is 9.48. The zero-order chi connectivity index (χ0) is 7.11. The molecule has 0 aromatic carbocycles. The average Bonchev–Trinajstić information content (AvgIpc) is 2.20. The maximum atomic E-state index is 5.00. The Morgan fingerprint density at radius 1 is 1.78 bits per heavy atom. The van der Waals surface area contributed by atoms with Crippen LogP contribution in [-0.2, 0) is 20.4 Å². The Morgan fingerprint density at radius 3 is 2.44 bits per heavy atom. The standard InChI is InChI=1S/C5H5.C2H5Cl.Ti/c1-2-4-5-3-1;1-2-3;/h1-3H,4H2;2H2,1H3;. The van der Waals surface area contributed by atoms with Crippen molar-refractivity contribution in [3.05, 3.63) is 22.1 Å². The van der Waals surface area contributed by atoms with Crippen molar-refractivity contribution in [2.75, 3.05) is 5.88 Å². The van der Waals surface area contributed by atoms with E-state index in [1.54, 1.807) is 0 Å². The van der Waals surface area contributed by atoms with E-state index >= 15 is 0 Å². The summed E-state index contributed by atoms with van der Waals surface area (Å²) in [5.74, 6) is 0.722. The molecule has 1 aliphatic rings. The summed E-state index contributed by atoms with van der Waals surface area (Å²) in [5, 5.41) is 0. The third kappa shape index (κ3) is 6.37. The summed E-state index contributed by atoms with van der Waals surface area (Å²) in [6, 6.07) is 0. The molecule has 0 atom stereocenters. The van der Waals surface area contributed by atoms with Crippen molar-refractivity contribution in [1.29, 1.82) is 0 Å². The number of allylic oxidation sites excluding steroid dienone is 4. The maximum absolute atomic E-state index is 5.00. The molecule has 0 N–H and O–H groups in total. The fourth-order valence-corrected chi connectivity index (χ4v) is 0.782. The number of hydrogen-bond acceptors (Lipinski definition) is 0. The second kappa shape index (κ2) is 6.60. The van der Waals surface area contributed by atoms with Crippen molar-refractivity contribution < 1.29 is 20.4 Å². The molecule has 0 saturated heterocycles. The zero-order valence-electron chi connectivity index (χ0n) is 5.52. The van der Waals surface area contributed by atoms with Crippen molar-refractivity contribution in [3.8, 4) is 0 Å². The molecule has 0 heterocycles. The van der Waals surface area contributed by atoms with E-state index < -0.39 is 0 Å². The first-order valence-electron chi connectivity index (χ1n) is 2.94. The van der Waals surface area contributed by atoms with Crippen LogP contribution in [0, 0.1) is 0 Å². The van der Waals surface area contributed by atoms with Crippen LogP contribution in [0.25, 0.3) is 0 Å². The molecule has 0 aliphatic heterocycles. The van der Waals surface area contributed by atoms with E-state index in [9.17, 15) is 0 Å². The van der Waals surface area contributed by atoms with Crippen LogP contribution in [0.1, 0.15) is 13.3 Å². The Labute approximate surface area is 73.4 Å². The molecule has 9 heavy (non-hydrogen) atoms. The molecular weight excluding hydrogens is 167 g/mol. The van der Waals surface area contributed by atoms with E-state index in [1.807, 2.05) is 6.92 Å². The summed E-state index contributed by atoms with van der Waals surface area (Å²) in [6.45, 7) is 1.89. The molecule has 0 spiro atoms. The molecular formula is C7H10ClTi. The Kier molecular flexibility index (Phi) is 6.96. The van der Waals surface area contributed by atoms with E-state index in [2.05, 4.69) is 38.7 Å². The Bertz CT molecular complexity index is 116. The Morgan fingerprint density at radius 2 is 2.33 bits per heavy atom. The van der Waals surface area contributed by atoms with Gasteiger partial charge in [0.25, 0.3) is 0 Å². The van der Waals surface area contributed by atoms with Crippen molar-refractivity contribution >= 4 is 11.6 Å². The molecule has 1 rings (SSSR count). The van der Waals surface area contributed by atoms with Gasteiger partial charge in [0.1, 0.15) is 0 Å². The molecule has 0 unspecified atom stereocenters. The van der Waals surface area contributed by atoms with Crippen LogP contribution in [0.4, 0.5) is 0 Å². The second-order valence-electron chi connectivity index (χ2n) is 1.59. The quantitative estimate of drug-likeness (QED) is 0.394. The number of rotatable bonds is 0. The number of hydrogen-bond donors (Lipinski definition) is 0. The Balaban J connectivity index is 0.000000187. The van der Waals surface area contributed by atoms with Gasteiger partial charge in [0.2, 0.25) is 0 Å². The molecule has 0 nitrogen and oxygen atoms in total. The molecule has 1 aliphatic carbocycles. The SMILES string of the molecule is CCCl.[Ti][C]1=CC=CC1. The first-order chi connectivity index (χ1) is 4.31. The summed E-state index contributed by atoms with van der Waals surface area (Å²) >= 11 is 7.14. The fraction of sp³-hybridized carbons (Fsp3) is 0.429. The normalized spacial score (nSPS) is 14.1. The van der Waals surface area contributed by atoms with Crippen molar-refractivity contribution in [3.63, 3.8) is 0 Å². The van der Waals surface area contributed by atoms with Gasteiger partial charge in [-0.2, -0.15) is 0 Å². The Hall–Kier alpha value is 0.484. The average molecular weight is 177 g/mol. The van der Waals surface area contributed by atoms with Gasteiger partial charge in [0.15, 0.2) is 0 Å². The van der Waals surface area contributed by atoms with E-state index in [1.165, 1.54) is 10.3 Å². The van der Waals surface area contributed by atoms with Gasteiger partial charge in [0.05, 0.1) is 0 Å². The van der Waals surface area contributed by atoms with Crippen LogP contribution in [0.5, 0.6) is 0 Å². The van der Waals surface area contributed by atoms with Crippen molar-refractivity contribution in [2.24, 2.45) is 0 Å². The van der Waals surface area contributed by atoms with Gasteiger partial charge in [-0.25, -0.2) is 0 Å². The minimum atomic E-state index is 0.722. The molecule has 49 valence electrons. The van der Waals surface area contributed by atoms with Gasteiger partial charge in [0, 0.05) is 5.88 Å². The first-order valence-corrected chi connectivity index (χ1v) is 4.26. The van der Waals surface area contributed by atoms with Crippen molar-refractivity contribution in [1.82, 2.24) is 0 Å². The van der Waals surface area contributed by atoms with Crippen molar-refractivity contribution in [2.45, 2.75) is 13.3 Å². The van der Waals surface area contributed by atoms with Crippen LogP contribution in [0.2, 0.25) is 0 Å². The topological polar surface area (TPSA) is 0 Å². The van der Waals surface area contributed by atoms with E-state index in [0.29, 0.717) is 0 Å². The summed E-state index contributed by atoms with van der Waals surface area (Å²) in [5.41, 5.74) is 0. The summed E-state index contributed by atoms with van der Waals surface area (Å²) in [6.07, 6.45) is 7.56. The predicted molar refractivity (Wildman–Crippen MR) is 38.2 cm³/mol. The zero-order valence-corrected chi connectivity index (χ0v) is 7.84. The molecule has 0 bridgehead atoms. The molecule has 0 amide bonds. The van der Waals surface area contributed by atoms with Gasteiger partial charge in [-0.05, 0) is 0 Å². The molecule has 0 saturated carbocycles. The third-order valence-corrected chi connectivity index (χ3v) is 1.35. The van der Waals surface area contributed by atoms with E-state index in [-0.39, 0.29) is 0 Å². The van der Waals surface area contributed by atoms with Crippen LogP contribution in [0.3, 0.4) is 0 Å². The van der Waals surface area contributed by atoms with E-state index in [4.69, 9.17) is 11.6 Å². The third-order valence-electron chi connectivity index (χ3n) is 0.771. The van der Waals surface area contributed by atoms with Gasteiger partial charge in [-0.15, -0.1) is 11.6 Å². The van der Waals surface area contributed by atoms with E-state index in [0.717, 1.165) is 5.88 Å². The predicted octanol–water partition coefficient (Wildman–Crippen LogP) is 2.62. The number of alkyl halides is 1. The summed E-state index contributed by atoms with van der Waals surface area (Å²) < 4.78 is 1.47. The molecule has 2 heteroatoms. The molecule has 0 fully saturated rings. The summed E-state index contributed by atoms with van der Waals surface area (Å²) in [7, 11) is 0. The van der Waals surface area contributed by atoms with Crippen LogP contribution < -0.4 is 0 Å².